The van der Waals surface area contributed by atoms with Crippen molar-refractivity contribution in [3.63, 3.8) is 0 Å². The van der Waals surface area contributed by atoms with Crippen molar-refractivity contribution in [2.45, 2.75) is 6.92 Å². The third-order valence-corrected chi connectivity index (χ3v) is 4.45. The second kappa shape index (κ2) is 6.37. The van der Waals surface area contributed by atoms with E-state index in [4.69, 9.17) is 4.74 Å². The van der Waals surface area contributed by atoms with E-state index in [0.29, 0.717) is 22.6 Å². The number of anilines is 1. The molecule has 120 valence electrons. The number of thiophene rings is 1. The minimum Gasteiger partial charge on any atom is -0.497 e. The van der Waals surface area contributed by atoms with Gasteiger partial charge in [0.1, 0.15) is 12.4 Å². The zero-order valence-corrected chi connectivity index (χ0v) is 13.6. The van der Waals surface area contributed by atoms with Crippen LogP contribution in [-0.4, -0.2) is 30.1 Å². The fourth-order valence-corrected chi connectivity index (χ4v) is 3.23. The van der Waals surface area contributed by atoms with Crippen LogP contribution in [0, 0.1) is 6.92 Å². The molecule has 0 atom stereocenters. The first-order valence-corrected chi connectivity index (χ1v) is 7.99. The molecule has 0 aliphatic heterocycles. The lowest BCUT2D eigenvalue weighted by Gasteiger charge is -2.11. The SMILES string of the molecule is COc1ccc(-n2nc(NCC[18F])c3csc(C)c3c2=O)cc1. The number of alkyl halides is 1. The van der Waals surface area contributed by atoms with Crippen molar-refractivity contribution in [2.24, 2.45) is 0 Å². The van der Waals surface area contributed by atoms with E-state index in [1.54, 1.807) is 31.4 Å². The summed E-state index contributed by atoms with van der Waals surface area (Å²) >= 11 is 1.48. The summed E-state index contributed by atoms with van der Waals surface area (Å²) in [6.07, 6.45) is 0. The number of hydrogen-bond donors (Lipinski definition) is 1. The number of benzene rings is 1. The zero-order chi connectivity index (χ0) is 16.4. The number of nitrogens with zero attached hydrogens (tertiary/aromatic N) is 2. The first-order chi connectivity index (χ1) is 11.2. The summed E-state index contributed by atoms with van der Waals surface area (Å²) in [7, 11) is 1.58. The Bertz CT molecular complexity index is 887. The van der Waals surface area contributed by atoms with Gasteiger partial charge >= 0.3 is 0 Å². The summed E-state index contributed by atoms with van der Waals surface area (Å²) in [6, 6.07) is 7.06. The number of halogens is 1. The first-order valence-electron chi connectivity index (χ1n) is 7.11. The summed E-state index contributed by atoms with van der Waals surface area (Å²) in [5.74, 6) is 1.21. The summed E-state index contributed by atoms with van der Waals surface area (Å²) < 4.78 is 19.0. The Hall–Kier alpha value is -2.41. The van der Waals surface area contributed by atoms with Gasteiger partial charge in [-0.15, -0.1) is 16.4 Å². The van der Waals surface area contributed by atoms with Crippen LogP contribution in [-0.2, 0) is 0 Å². The molecule has 3 aromatic rings. The van der Waals surface area contributed by atoms with Crippen molar-refractivity contribution < 1.29 is 9.13 Å². The van der Waals surface area contributed by atoms with Crippen LogP contribution in [0.4, 0.5) is 10.2 Å². The van der Waals surface area contributed by atoms with Crippen molar-refractivity contribution >= 4 is 27.9 Å². The highest BCUT2D eigenvalue weighted by molar-refractivity contribution is 7.11. The van der Waals surface area contributed by atoms with Crippen molar-refractivity contribution in [3.05, 3.63) is 44.9 Å². The van der Waals surface area contributed by atoms with Gasteiger partial charge in [0.05, 0.1) is 18.2 Å². The molecule has 0 aliphatic rings. The molecule has 0 unspecified atom stereocenters. The van der Waals surface area contributed by atoms with Gasteiger partial charge in [-0.25, -0.2) is 4.39 Å². The Morgan fingerprint density at radius 3 is 2.74 bits per heavy atom. The number of aromatic nitrogens is 2. The van der Waals surface area contributed by atoms with Crippen LogP contribution >= 0.6 is 11.3 Å². The molecule has 3 rings (SSSR count). The molecule has 0 spiro atoms. The Labute approximate surface area is 136 Å². The molecular formula is C16H16FN3O2S. The molecule has 0 saturated carbocycles. The van der Waals surface area contributed by atoms with E-state index in [2.05, 4.69) is 10.4 Å². The van der Waals surface area contributed by atoms with Crippen molar-refractivity contribution in [3.8, 4) is 11.4 Å². The average molecular weight is 332 g/mol. The quantitative estimate of drug-likeness (QED) is 0.780. The molecule has 5 nitrogen and oxygen atoms in total. The molecule has 7 heteroatoms. The average Bonchev–Trinajstić information content (AvgIpc) is 2.97. The molecule has 2 heterocycles. The van der Waals surface area contributed by atoms with E-state index >= 15 is 0 Å². The molecule has 2 aromatic heterocycles. The van der Waals surface area contributed by atoms with E-state index in [1.807, 2.05) is 12.3 Å². The highest BCUT2D eigenvalue weighted by Crippen LogP contribution is 2.27. The van der Waals surface area contributed by atoms with E-state index in [-0.39, 0.29) is 12.1 Å². The van der Waals surface area contributed by atoms with Crippen LogP contribution in [0.3, 0.4) is 0 Å². The molecule has 0 fully saturated rings. The molecule has 0 saturated heterocycles. The van der Waals surface area contributed by atoms with E-state index in [9.17, 15) is 9.18 Å². The lowest BCUT2D eigenvalue weighted by atomic mass is 10.2. The molecule has 0 amide bonds. The number of aryl methyl sites for hydroxylation is 1. The number of nitrogens with one attached hydrogen (secondary N) is 1. The van der Waals surface area contributed by atoms with Gasteiger partial charge in [-0.1, -0.05) is 0 Å². The van der Waals surface area contributed by atoms with Crippen LogP contribution in [0.25, 0.3) is 16.5 Å². The van der Waals surface area contributed by atoms with Crippen molar-refractivity contribution in [1.29, 1.82) is 0 Å². The number of rotatable bonds is 5. The zero-order valence-electron chi connectivity index (χ0n) is 12.8. The van der Waals surface area contributed by atoms with Crippen molar-refractivity contribution in [2.75, 3.05) is 25.6 Å². The molecule has 1 N–H and O–H groups in total. The van der Waals surface area contributed by atoms with Gasteiger partial charge in [0.2, 0.25) is 0 Å². The van der Waals surface area contributed by atoms with Gasteiger partial charge in [0.15, 0.2) is 5.82 Å². The molecule has 0 aliphatic carbocycles. The minimum atomic E-state index is -0.506. The number of ether oxygens (including phenoxy) is 1. The van der Waals surface area contributed by atoms with Crippen LogP contribution in [0.1, 0.15) is 4.88 Å². The van der Waals surface area contributed by atoms with Gasteiger partial charge in [-0.2, -0.15) is 4.68 Å². The van der Waals surface area contributed by atoms with E-state index in [0.717, 1.165) is 10.3 Å². The first kappa shape index (κ1) is 15.5. The Balaban J connectivity index is 2.20. The van der Waals surface area contributed by atoms with E-state index in [1.165, 1.54) is 16.0 Å². The predicted octanol–water partition coefficient (Wildman–Crippen LogP) is 3.15. The smallest absolute Gasteiger partial charge is 0.280 e. The van der Waals surface area contributed by atoms with Crippen molar-refractivity contribution in [1.82, 2.24) is 9.78 Å². The maximum absolute atomic E-state index is 12.8. The lowest BCUT2D eigenvalue weighted by molar-refractivity contribution is 0.414. The van der Waals surface area contributed by atoms with Gasteiger partial charge < -0.3 is 10.1 Å². The number of fused-ring (bicyclic) bond motifs is 1. The molecule has 23 heavy (non-hydrogen) atoms. The second-order valence-corrected chi connectivity index (χ2v) is 6.04. The van der Waals surface area contributed by atoms with Crippen LogP contribution in [0.15, 0.2) is 34.4 Å². The largest absolute Gasteiger partial charge is 0.497 e. The summed E-state index contributed by atoms with van der Waals surface area (Å²) in [5, 5.41) is 10.5. The predicted molar refractivity (Wildman–Crippen MR) is 91.0 cm³/mol. The third kappa shape index (κ3) is 2.79. The fourth-order valence-electron chi connectivity index (χ4n) is 2.39. The molecule has 0 bridgehead atoms. The maximum Gasteiger partial charge on any atom is 0.280 e. The summed E-state index contributed by atoms with van der Waals surface area (Å²) in [5.41, 5.74) is 0.446. The van der Waals surface area contributed by atoms with Gasteiger partial charge in [-0.3, -0.25) is 4.79 Å². The third-order valence-electron chi connectivity index (χ3n) is 3.54. The van der Waals surface area contributed by atoms with Gasteiger partial charge in [0.25, 0.3) is 5.56 Å². The summed E-state index contributed by atoms with van der Waals surface area (Å²) in [4.78, 5) is 13.7. The lowest BCUT2D eigenvalue weighted by Crippen LogP contribution is -2.23. The highest BCUT2D eigenvalue weighted by Gasteiger charge is 2.15. The Morgan fingerprint density at radius 2 is 2.09 bits per heavy atom. The van der Waals surface area contributed by atoms with E-state index < -0.39 is 6.67 Å². The highest BCUT2D eigenvalue weighted by atomic mass is 32.1. The standard InChI is InChI=1S/C16H16FN3O2S/c1-10-14-13(9-23-10)15(18-8-7-17)19-20(16(14)21)11-3-5-12(22-2)6-4-11/h3-6,9H,7-8H2,1-2H3,(H,18,19)/i17-1. The van der Waals surface area contributed by atoms with Gasteiger partial charge in [-0.05, 0) is 31.2 Å². The Morgan fingerprint density at radius 1 is 1.35 bits per heavy atom. The number of methoxy groups -OCH3 is 1. The Kier molecular flexibility index (Phi) is 4.29. The molecule has 0 radical (unpaired) electrons. The molecule has 1 aromatic carbocycles. The minimum absolute atomic E-state index is 0.151. The monoisotopic (exact) mass is 332 g/mol. The summed E-state index contributed by atoms with van der Waals surface area (Å²) in [6.45, 7) is 1.54. The van der Waals surface area contributed by atoms with Crippen LogP contribution in [0.2, 0.25) is 0 Å². The van der Waals surface area contributed by atoms with Crippen LogP contribution in [0.5, 0.6) is 5.75 Å². The fraction of sp³-hybridized carbons (Fsp3) is 0.250. The number of hydrogen-bond acceptors (Lipinski definition) is 5. The maximum atomic E-state index is 12.8. The van der Waals surface area contributed by atoms with Gasteiger partial charge in [0, 0.05) is 22.2 Å². The normalized spacial score (nSPS) is 10.9. The molecular weight excluding hydrogens is 316 g/mol. The second-order valence-electron chi connectivity index (χ2n) is 4.96. The van der Waals surface area contributed by atoms with Crippen LogP contribution < -0.4 is 15.6 Å². The topological polar surface area (TPSA) is 56.1 Å².